The van der Waals surface area contributed by atoms with E-state index >= 15 is 0 Å². The number of nitrogens with one attached hydrogen (secondary N) is 1. The van der Waals surface area contributed by atoms with E-state index in [0.717, 1.165) is 19.3 Å². The fourth-order valence-electron chi connectivity index (χ4n) is 3.53. The molecule has 8 nitrogen and oxygen atoms in total. The average Bonchev–Trinajstić information content (AvgIpc) is 3.19. The first kappa shape index (κ1) is 20.3. The van der Waals surface area contributed by atoms with Gasteiger partial charge in [0.1, 0.15) is 22.3 Å². The summed E-state index contributed by atoms with van der Waals surface area (Å²) < 4.78 is 14.2. The van der Waals surface area contributed by atoms with E-state index < -0.39 is 12.0 Å². The summed E-state index contributed by atoms with van der Waals surface area (Å²) in [7, 11) is 0. The van der Waals surface area contributed by atoms with Gasteiger partial charge in [-0.15, -0.1) is 21.5 Å². The first-order valence-electron chi connectivity index (χ1n) is 9.58. The van der Waals surface area contributed by atoms with Gasteiger partial charge in [0.2, 0.25) is 5.91 Å². The second-order valence-corrected chi connectivity index (χ2v) is 8.44. The van der Waals surface area contributed by atoms with Crippen molar-refractivity contribution in [1.82, 2.24) is 20.2 Å². The van der Waals surface area contributed by atoms with Gasteiger partial charge in [-0.2, -0.15) is 0 Å². The third-order valence-corrected chi connectivity index (χ3v) is 6.43. The molecule has 156 valence electrons. The van der Waals surface area contributed by atoms with Crippen molar-refractivity contribution >= 4 is 23.1 Å². The Morgan fingerprint density at radius 1 is 1.30 bits per heavy atom. The number of pyridine rings is 1. The molecule has 0 aliphatic heterocycles. The second-order valence-electron chi connectivity index (χ2n) is 7.38. The molecule has 0 saturated heterocycles. The topological polar surface area (TPSA) is 127 Å². The quantitative estimate of drug-likeness (QED) is 0.503. The van der Waals surface area contributed by atoms with Crippen molar-refractivity contribution in [3.05, 3.63) is 53.0 Å². The molecular weight excluding hydrogens is 407 g/mol. The second kappa shape index (κ2) is 8.41. The number of halogens is 1. The Balaban J connectivity index is 1.43. The number of hydrogen-bond acceptors (Lipinski definition) is 8. The lowest BCUT2D eigenvalue weighted by Gasteiger charge is -2.41. The SMILES string of the molecule is NC(=O)CC(O)c1cnc(-c2ccc(NCC3(c4ncccc4F)CCC3)nn2)s1. The van der Waals surface area contributed by atoms with Crippen LogP contribution in [-0.4, -0.2) is 37.7 Å². The molecule has 4 N–H and O–H groups in total. The fourth-order valence-corrected chi connectivity index (χ4v) is 4.39. The summed E-state index contributed by atoms with van der Waals surface area (Å²) in [4.78, 5) is 20.0. The Morgan fingerprint density at radius 2 is 2.13 bits per heavy atom. The smallest absolute Gasteiger partial charge is 0.220 e. The van der Waals surface area contributed by atoms with Gasteiger partial charge in [-0.1, -0.05) is 6.42 Å². The lowest BCUT2D eigenvalue weighted by Crippen LogP contribution is -2.42. The predicted molar refractivity (Wildman–Crippen MR) is 110 cm³/mol. The van der Waals surface area contributed by atoms with Gasteiger partial charge in [-0.05, 0) is 37.1 Å². The zero-order chi connectivity index (χ0) is 21.1. The number of carbonyl (C=O) groups excluding carboxylic acids is 1. The molecule has 1 amide bonds. The third kappa shape index (κ3) is 4.14. The molecule has 1 atom stereocenters. The summed E-state index contributed by atoms with van der Waals surface area (Å²) in [5, 5.41) is 22.2. The Morgan fingerprint density at radius 3 is 2.77 bits per heavy atom. The van der Waals surface area contributed by atoms with Crippen LogP contribution < -0.4 is 11.1 Å². The van der Waals surface area contributed by atoms with Crippen LogP contribution in [0.4, 0.5) is 10.2 Å². The molecule has 1 unspecified atom stereocenters. The number of hydrogen-bond donors (Lipinski definition) is 3. The summed E-state index contributed by atoms with van der Waals surface area (Å²) >= 11 is 1.23. The number of anilines is 1. The Bertz CT molecular complexity index is 1040. The molecule has 0 bridgehead atoms. The van der Waals surface area contributed by atoms with Crippen molar-refractivity contribution < 1.29 is 14.3 Å². The minimum Gasteiger partial charge on any atom is -0.387 e. The maximum absolute atomic E-state index is 14.2. The fraction of sp³-hybridized carbons (Fsp3) is 0.350. The highest BCUT2D eigenvalue weighted by Gasteiger charge is 2.41. The van der Waals surface area contributed by atoms with E-state index in [1.54, 1.807) is 24.4 Å². The molecular formula is C20H21FN6O2S. The highest BCUT2D eigenvalue weighted by atomic mass is 32.1. The highest BCUT2D eigenvalue weighted by molar-refractivity contribution is 7.15. The standard InChI is InChI=1S/C20H21FN6O2S/c21-12-3-1-8-23-18(12)20(6-2-7-20)11-25-17-5-4-13(26-27-17)19-24-10-15(30-19)14(28)9-16(22)29/h1,3-5,8,10,14,28H,2,6-7,9,11H2,(H2,22,29)(H,25,27). The largest absolute Gasteiger partial charge is 0.387 e. The summed E-state index contributed by atoms with van der Waals surface area (Å²) in [5.41, 5.74) is 5.84. The summed E-state index contributed by atoms with van der Waals surface area (Å²) in [6, 6.07) is 6.59. The van der Waals surface area contributed by atoms with Gasteiger partial charge >= 0.3 is 0 Å². The molecule has 3 aromatic heterocycles. The number of carbonyl (C=O) groups is 1. The predicted octanol–water partition coefficient (Wildman–Crippen LogP) is 2.58. The van der Waals surface area contributed by atoms with Crippen molar-refractivity contribution in [2.75, 3.05) is 11.9 Å². The van der Waals surface area contributed by atoms with Gasteiger partial charge in [-0.3, -0.25) is 9.78 Å². The molecule has 10 heteroatoms. The van der Waals surface area contributed by atoms with E-state index in [9.17, 15) is 14.3 Å². The molecule has 1 aliphatic carbocycles. The number of aromatic nitrogens is 4. The zero-order valence-corrected chi connectivity index (χ0v) is 16.9. The zero-order valence-electron chi connectivity index (χ0n) is 16.1. The van der Waals surface area contributed by atoms with Crippen LogP contribution in [0.25, 0.3) is 10.7 Å². The number of rotatable bonds is 8. The van der Waals surface area contributed by atoms with Crippen molar-refractivity contribution in [3.8, 4) is 10.7 Å². The first-order chi connectivity index (χ1) is 14.5. The number of amides is 1. The number of aliphatic hydroxyl groups is 1. The van der Waals surface area contributed by atoms with Gasteiger partial charge in [0.25, 0.3) is 0 Å². The van der Waals surface area contributed by atoms with Crippen LogP contribution in [0.15, 0.2) is 36.7 Å². The van der Waals surface area contributed by atoms with E-state index in [4.69, 9.17) is 5.73 Å². The van der Waals surface area contributed by atoms with Crippen LogP contribution in [0, 0.1) is 5.82 Å². The van der Waals surface area contributed by atoms with Crippen molar-refractivity contribution in [2.24, 2.45) is 5.73 Å². The van der Waals surface area contributed by atoms with Crippen LogP contribution >= 0.6 is 11.3 Å². The van der Waals surface area contributed by atoms with Gasteiger partial charge in [0.15, 0.2) is 0 Å². The Labute approximate surface area is 176 Å². The van der Waals surface area contributed by atoms with E-state index in [1.807, 2.05) is 0 Å². The Hall–Kier alpha value is -2.98. The molecule has 3 aromatic rings. The maximum Gasteiger partial charge on any atom is 0.220 e. The average molecular weight is 428 g/mol. The molecule has 1 aliphatic rings. The molecule has 4 rings (SSSR count). The van der Waals surface area contributed by atoms with Crippen molar-refractivity contribution in [2.45, 2.75) is 37.2 Å². The number of nitrogens with zero attached hydrogens (tertiary/aromatic N) is 4. The number of nitrogens with two attached hydrogens (primary N) is 1. The van der Waals surface area contributed by atoms with Gasteiger partial charge < -0.3 is 16.2 Å². The van der Waals surface area contributed by atoms with Crippen LogP contribution in [0.5, 0.6) is 0 Å². The van der Waals surface area contributed by atoms with Gasteiger partial charge in [0.05, 0.1) is 23.1 Å². The van der Waals surface area contributed by atoms with Crippen LogP contribution in [0.2, 0.25) is 0 Å². The van der Waals surface area contributed by atoms with E-state index in [0.29, 0.717) is 33.6 Å². The lowest BCUT2D eigenvalue weighted by molar-refractivity contribution is -0.119. The van der Waals surface area contributed by atoms with E-state index in [-0.39, 0.29) is 17.7 Å². The lowest BCUT2D eigenvalue weighted by atomic mass is 9.66. The molecule has 1 saturated carbocycles. The summed E-state index contributed by atoms with van der Waals surface area (Å²) in [6.45, 7) is 0.523. The molecule has 0 radical (unpaired) electrons. The maximum atomic E-state index is 14.2. The number of aliphatic hydroxyl groups excluding tert-OH is 1. The van der Waals surface area contributed by atoms with Crippen molar-refractivity contribution in [3.63, 3.8) is 0 Å². The normalized spacial score (nSPS) is 15.9. The summed E-state index contributed by atoms with van der Waals surface area (Å²) in [6.07, 6.45) is 4.77. The number of thiazole rings is 1. The Kier molecular flexibility index (Phi) is 5.69. The minimum absolute atomic E-state index is 0.158. The monoisotopic (exact) mass is 428 g/mol. The number of primary amides is 1. The molecule has 3 heterocycles. The molecule has 0 aromatic carbocycles. The summed E-state index contributed by atoms with van der Waals surface area (Å²) in [5.74, 6) is -0.284. The van der Waals surface area contributed by atoms with Crippen LogP contribution in [-0.2, 0) is 10.2 Å². The third-order valence-electron chi connectivity index (χ3n) is 5.31. The van der Waals surface area contributed by atoms with Gasteiger partial charge in [-0.25, -0.2) is 9.37 Å². The van der Waals surface area contributed by atoms with Crippen LogP contribution in [0.3, 0.4) is 0 Å². The van der Waals surface area contributed by atoms with Crippen molar-refractivity contribution in [1.29, 1.82) is 0 Å². The van der Waals surface area contributed by atoms with Gasteiger partial charge in [0, 0.05) is 24.4 Å². The highest BCUT2D eigenvalue weighted by Crippen LogP contribution is 2.43. The van der Waals surface area contributed by atoms with E-state index in [1.165, 1.54) is 23.6 Å². The van der Waals surface area contributed by atoms with E-state index in [2.05, 4.69) is 25.5 Å². The molecule has 1 fully saturated rings. The van der Waals surface area contributed by atoms with Crippen LogP contribution in [0.1, 0.15) is 42.4 Å². The minimum atomic E-state index is -0.978. The molecule has 0 spiro atoms. The first-order valence-corrected chi connectivity index (χ1v) is 10.4. The molecule has 30 heavy (non-hydrogen) atoms.